The van der Waals surface area contributed by atoms with Gasteiger partial charge in [-0.2, -0.15) is 0 Å². The maximum atomic E-state index is 0. The fourth-order valence-electron chi connectivity index (χ4n) is 0. The first-order chi connectivity index (χ1) is 0. The van der Waals surface area contributed by atoms with Crippen LogP contribution in [0.15, 0.2) is 0 Å². The molecule has 0 bridgehead atoms. The Balaban J connectivity index is 0. The third-order valence-corrected chi connectivity index (χ3v) is 0. The van der Waals surface area contributed by atoms with Gasteiger partial charge in [0.15, 0.2) is 0 Å². The van der Waals surface area contributed by atoms with Crippen LogP contribution >= 0.6 is 0 Å². The van der Waals surface area contributed by atoms with E-state index in [2.05, 4.69) is 0 Å². The SMILES string of the molecule is B.O.[BaH2].[CaH2]. The molecule has 0 aromatic rings. The number of rotatable bonds is 0. The summed E-state index contributed by atoms with van der Waals surface area (Å²) >= 11 is 0. The summed E-state index contributed by atoms with van der Waals surface area (Å²) in [7, 11) is 0. The fraction of sp³-hybridized carbons (Fsp3) is 0. The van der Waals surface area contributed by atoms with Gasteiger partial charge in [0, 0.05) is 0 Å². The van der Waals surface area contributed by atoms with Crippen molar-refractivity contribution in [2.45, 2.75) is 0 Å². The van der Waals surface area contributed by atoms with Crippen molar-refractivity contribution in [3.05, 3.63) is 0 Å². The third-order valence-electron chi connectivity index (χ3n) is 0. The van der Waals surface area contributed by atoms with Gasteiger partial charge >= 0.3 is 86.6 Å². The topological polar surface area (TPSA) is 31.5 Å². The molecule has 1 nitrogen and oxygen atoms in total. The van der Waals surface area contributed by atoms with Crippen LogP contribution in [0.3, 0.4) is 0 Å². The molecule has 0 spiro atoms. The van der Waals surface area contributed by atoms with Crippen LogP contribution in [0.25, 0.3) is 0 Å². The summed E-state index contributed by atoms with van der Waals surface area (Å²) in [6.45, 7) is 0. The van der Waals surface area contributed by atoms with E-state index in [1.165, 1.54) is 0 Å². The minimum absolute atomic E-state index is 0. The van der Waals surface area contributed by atoms with Gasteiger partial charge in [0.25, 0.3) is 0 Å². The Labute approximate surface area is 97.9 Å². The fourth-order valence-corrected chi connectivity index (χ4v) is 0. The zero-order valence-corrected chi connectivity index (χ0v) is 0.500. The van der Waals surface area contributed by atoms with Crippen molar-refractivity contribution in [1.82, 2.24) is 0 Å². The third kappa shape index (κ3) is 8.85. The van der Waals surface area contributed by atoms with Gasteiger partial charge in [-0.25, -0.2) is 0 Å². The van der Waals surface area contributed by atoms with E-state index in [0.29, 0.717) is 0 Å². The monoisotopic (exact) mass is 214 g/mol. The molecule has 0 aromatic heterocycles. The van der Waals surface area contributed by atoms with Crippen LogP contribution in [0.2, 0.25) is 0 Å². The van der Waals surface area contributed by atoms with Crippen LogP contribution in [-0.2, 0) is 0 Å². The standard InChI is InChI=1S/BH3.Ba.Ca.H2O.4H/h1H3;;;1H2;;;;. The van der Waals surface area contributed by atoms with Gasteiger partial charge < -0.3 is 5.48 Å². The number of hydrogen-bond donors (Lipinski definition) is 0. The van der Waals surface area contributed by atoms with Crippen molar-refractivity contribution in [2.24, 2.45) is 0 Å². The second kappa shape index (κ2) is 16.9. The molecule has 0 aliphatic rings. The van der Waals surface area contributed by atoms with Crippen molar-refractivity contribution >= 4 is 95.0 Å². The van der Waals surface area contributed by atoms with Crippen LogP contribution in [-0.4, -0.2) is 101 Å². The molecular weight excluding hydrogens is 204 g/mol. The molecule has 0 aliphatic heterocycles. The second-order valence-electron chi connectivity index (χ2n) is 0. The summed E-state index contributed by atoms with van der Waals surface area (Å²) in [4.78, 5) is 0. The van der Waals surface area contributed by atoms with Crippen molar-refractivity contribution in [1.29, 1.82) is 0 Å². The molecule has 0 aromatic carbocycles. The first kappa shape index (κ1) is 28.8. The van der Waals surface area contributed by atoms with Gasteiger partial charge in [0.1, 0.15) is 0 Å². The molecule has 0 rings (SSSR count). The average molecular weight is 213 g/mol. The average Bonchev–Trinajstić information content (AvgIpc) is 0. The van der Waals surface area contributed by atoms with Crippen molar-refractivity contribution in [3.8, 4) is 0 Å². The van der Waals surface area contributed by atoms with Gasteiger partial charge in [-0.15, -0.1) is 0 Å². The first-order valence-corrected chi connectivity index (χ1v) is 0. The zero-order chi connectivity index (χ0) is 0. The zero-order valence-electron chi connectivity index (χ0n) is 0.500. The molecule has 22 valence electrons. The van der Waals surface area contributed by atoms with E-state index in [0.717, 1.165) is 0 Å². The minimum atomic E-state index is 0. The van der Waals surface area contributed by atoms with E-state index >= 15 is 0 Å². The molecule has 2 N–H and O–H groups in total. The molecule has 0 radical (unpaired) electrons. The molecule has 0 amide bonds. The van der Waals surface area contributed by atoms with Crippen molar-refractivity contribution in [3.63, 3.8) is 0 Å². The van der Waals surface area contributed by atoms with Crippen molar-refractivity contribution < 1.29 is 5.48 Å². The Bertz CT molecular complexity index is 8.00. The Kier molecular flexibility index (Phi) is 122. The van der Waals surface area contributed by atoms with Crippen LogP contribution in [0.4, 0.5) is 0 Å². The molecule has 0 aliphatic carbocycles. The second-order valence-corrected chi connectivity index (χ2v) is 0. The van der Waals surface area contributed by atoms with E-state index in [-0.39, 0.29) is 101 Å². The molecule has 0 unspecified atom stereocenters. The molecule has 0 saturated heterocycles. The van der Waals surface area contributed by atoms with Crippen LogP contribution in [0, 0.1) is 0 Å². The summed E-state index contributed by atoms with van der Waals surface area (Å²) in [5, 5.41) is 0. The van der Waals surface area contributed by atoms with E-state index < -0.39 is 0 Å². The molecular formula is H9BBaCaO. The predicted molar refractivity (Wildman–Crippen MR) is 30.6 cm³/mol. The number of hydrogen-bond acceptors (Lipinski definition) is 0. The summed E-state index contributed by atoms with van der Waals surface area (Å²) in [5.74, 6) is 0. The van der Waals surface area contributed by atoms with Gasteiger partial charge in [0.2, 0.25) is 0 Å². The Hall–Kier alpha value is 2.86. The van der Waals surface area contributed by atoms with Gasteiger partial charge in [-0.3, -0.25) is 0 Å². The van der Waals surface area contributed by atoms with Crippen LogP contribution in [0.1, 0.15) is 0 Å². The van der Waals surface area contributed by atoms with Gasteiger partial charge in [-0.05, 0) is 0 Å². The molecule has 0 heterocycles. The summed E-state index contributed by atoms with van der Waals surface area (Å²) in [6, 6.07) is 0. The normalized spacial score (nSPS) is 0. The van der Waals surface area contributed by atoms with E-state index in [4.69, 9.17) is 0 Å². The molecule has 4 heavy (non-hydrogen) atoms. The Morgan fingerprint density at radius 2 is 1.00 bits per heavy atom. The van der Waals surface area contributed by atoms with Gasteiger partial charge in [0.05, 0.1) is 8.41 Å². The quantitative estimate of drug-likeness (QED) is 0.369. The van der Waals surface area contributed by atoms with E-state index in [1.54, 1.807) is 0 Å². The summed E-state index contributed by atoms with van der Waals surface area (Å²) in [5.41, 5.74) is 0. The molecule has 4 heteroatoms. The van der Waals surface area contributed by atoms with Crippen LogP contribution < -0.4 is 0 Å². The summed E-state index contributed by atoms with van der Waals surface area (Å²) < 4.78 is 0. The Morgan fingerprint density at radius 3 is 1.00 bits per heavy atom. The van der Waals surface area contributed by atoms with Crippen molar-refractivity contribution in [2.75, 3.05) is 0 Å². The maximum absolute atomic E-state index is 0. The van der Waals surface area contributed by atoms with Crippen LogP contribution in [0.5, 0.6) is 0 Å². The van der Waals surface area contributed by atoms with E-state index in [9.17, 15) is 0 Å². The predicted octanol–water partition coefficient (Wildman–Crippen LogP) is -3.84. The Morgan fingerprint density at radius 1 is 1.00 bits per heavy atom. The van der Waals surface area contributed by atoms with Gasteiger partial charge in [-0.1, -0.05) is 0 Å². The van der Waals surface area contributed by atoms with E-state index in [1.807, 2.05) is 0 Å². The first-order valence-electron chi connectivity index (χ1n) is 0. The molecule has 0 atom stereocenters. The molecule has 0 saturated carbocycles. The summed E-state index contributed by atoms with van der Waals surface area (Å²) in [6.07, 6.45) is 0. The molecule has 0 fully saturated rings.